The van der Waals surface area contributed by atoms with Crippen LogP contribution in [0.25, 0.3) is 21.8 Å². The molecule has 0 aliphatic rings. The first-order chi connectivity index (χ1) is 18.4. The Morgan fingerprint density at radius 1 is 1.08 bits per heavy atom. The van der Waals surface area contributed by atoms with Crippen molar-refractivity contribution in [2.24, 2.45) is 5.10 Å². The molecule has 0 aliphatic carbocycles. The van der Waals surface area contributed by atoms with Crippen LogP contribution in [0.3, 0.4) is 0 Å². The highest BCUT2D eigenvalue weighted by atomic mass is 35.5. The molecule has 0 unspecified atom stereocenters. The van der Waals surface area contributed by atoms with Crippen molar-refractivity contribution in [3.05, 3.63) is 99.8 Å². The topological polar surface area (TPSA) is 108 Å². The van der Waals surface area contributed by atoms with E-state index in [-0.39, 0.29) is 40.5 Å². The summed E-state index contributed by atoms with van der Waals surface area (Å²) in [5, 5.41) is 4.93. The fourth-order valence-electron chi connectivity index (χ4n) is 3.96. The predicted molar refractivity (Wildman–Crippen MR) is 142 cm³/mol. The van der Waals surface area contributed by atoms with Crippen molar-refractivity contribution in [2.45, 2.75) is 6.54 Å². The third-order valence-electron chi connectivity index (χ3n) is 5.66. The van der Waals surface area contributed by atoms with Crippen LogP contribution < -0.4 is 20.3 Å². The molecular weight excluding hydrogens is 513 g/mol. The molecule has 0 radical (unpaired) electrons. The van der Waals surface area contributed by atoms with E-state index in [0.29, 0.717) is 27.4 Å². The third-order valence-corrected chi connectivity index (χ3v) is 5.84. The molecule has 1 amide bonds. The summed E-state index contributed by atoms with van der Waals surface area (Å²) in [5.74, 6) is -1.05. The number of hydrazone groups is 1. The van der Waals surface area contributed by atoms with Crippen LogP contribution >= 0.6 is 11.6 Å². The molecule has 0 spiro atoms. The number of ether oxygens (including phenoxy) is 2. The number of aromatic nitrogens is 3. The van der Waals surface area contributed by atoms with Crippen molar-refractivity contribution >= 4 is 45.5 Å². The minimum atomic E-state index is -0.784. The molecule has 2 heterocycles. The number of pyridine rings is 1. The van der Waals surface area contributed by atoms with E-state index in [0.717, 1.165) is 6.20 Å². The quantitative estimate of drug-likeness (QED) is 0.141. The zero-order valence-corrected chi connectivity index (χ0v) is 20.6. The standard InChI is InChI=1S/C27H19ClFN5O4/c1-37-23-12-16(10-11-22(23)38-26-19(29)14-30-27(28)32-26)13-31-33-24(35)15-34-20-8-4-2-6-17(20)25(36)18-7-3-5-9-21(18)34/h2-14H,15H2,1H3,(H,33,35)/b31-13-. The number of rotatable bonds is 7. The minimum absolute atomic E-state index is 0.0538. The van der Waals surface area contributed by atoms with Crippen LogP contribution in [0.15, 0.2) is 82.8 Å². The molecular formula is C27H19ClFN5O4. The number of amides is 1. The lowest BCUT2D eigenvalue weighted by Gasteiger charge is -2.14. The number of nitrogens with one attached hydrogen (secondary N) is 1. The average Bonchev–Trinajstić information content (AvgIpc) is 2.93. The van der Waals surface area contributed by atoms with Crippen LogP contribution in [0.5, 0.6) is 17.4 Å². The fraction of sp³-hybridized carbons (Fsp3) is 0.0741. The van der Waals surface area contributed by atoms with E-state index in [1.165, 1.54) is 19.4 Å². The normalized spacial score (nSPS) is 11.2. The maximum Gasteiger partial charge on any atom is 0.260 e. The van der Waals surface area contributed by atoms with Gasteiger partial charge in [-0.3, -0.25) is 9.59 Å². The fourth-order valence-corrected chi connectivity index (χ4v) is 4.09. The van der Waals surface area contributed by atoms with Gasteiger partial charge in [0, 0.05) is 10.8 Å². The highest BCUT2D eigenvalue weighted by Gasteiger charge is 2.14. The van der Waals surface area contributed by atoms with Crippen molar-refractivity contribution < 1.29 is 18.7 Å². The number of carbonyl (C=O) groups is 1. The van der Waals surface area contributed by atoms with Crippen LogP contribution in [0.2, 0.25) is 5.28 Å². The number of carbonyl (C=O) groups excluding carboxylic acids is 1. The lowest BCUT2D eigenvalue weighted by molar-refractivity contribution is -0.121. The van der Waals surface area contributed by atoms with E-state index in [1.807, 2.05) is 12.1 Å². The Bertz CT molecular complexity index is 1710. The van der Waals surface area contributed by atoms with Gasteiger partial charge in [0.1, 0.15) is 6.54 Å². The molecule has 0 saturated heterocycles. The first-order valence-electron chi connectivity index (χ1n) is 11.3. The molecule has 0 saturated carbocycles. The number of halogens is 2. The van der Waals surface area contributed by atoms with Crippen molar-refractivity contribution in [1.82, 2.24) is 20.0 Å². The van der Waals surface area contributed by atoms with E-state index >= 15 is 0 Å². The Balaban J connectivity index is 1.34. The Hall–Kier alpha value is -4.83. The monoisotopic (exact) mass is 531 g/mol. The zero-order valence-electron chi connectivity index (χ0n) is 19.9. The van der Waals surface area contributed by atoms with Crippen LogP contribution in [0.1, 0.15) is 5.56 Å². The first-order valence-corrected chi connectivity index (χ1v) is 11.7. The summed E-state index contributed by atoms with van der Waals surface area (Å²) in [6.45, 7) is -0.0538. The molecule has 38 heavy (non-hydrogen) atoms. The third kappa shape index (κ3) is 5.02. The first kappa shape index (κ1) is 24.8. The molecule has 0 bridgehead atoms. The number of benzene rings is 3. The molecule has 0 atom stereocenters. The summed E-state index contributed by atoms with van der Waals surface area (Å²) in [6.07, 6.45) is 2.33. The van der Waals surface area contributed by atoms with E-state index in [9.17, 15) is 14.0 Å². The van der Waals surface area contributed by atoms with Gasteiger partial charge in [-0.15, -0.1) is 0 Å². The van der Waals surface area contributed by atoms with Crippen LogP contribution in [-0.4, -0.2) is 33.8 Å². The molecule has 0 fully saturated rings. The van der Waals surface area contributed by atoms with Crippen molar-refractivity contribution in [3.63, 3.8) is 0 Å². The summed E-state index contributed by atoms with van der Waals surface area (Å²) in [4.78, 5) is 32.9. The Kier molecular flexibility index (Phi) is 6.96. The maximum atomic E-state index is 13.9. The zero-order chi connectivity index (χ0) is 26.6. The summed E-state index contributed by atoms with van der Waals surface area (Å²) in [5.41, 5.74) is 4.30. The number of hydrogen-bond donors (Lipinski definition) is 1. The van der Waals surface area contributed by atoms with Gasteiger partial charge < -0.3 is 14.0 Å². The predicted octanol–water partition coefficient (Wildman–Crippen LogP) is 4.69. The van der Waals surface area contributed by atoms with Crippen molar-refractivity contribution in [1.29, 1.82) is 0 Å². The summed E-state index contributed by atoms with van der Waals surface area (Å²) < 4.78 is 26.5. The summed E-state index contributed by atoms with van der Waals surface area (Å²) in [6, 6.07) is 19.1. The van der Waals surface area contributed by atoms with Gasteiger partial charge in [-0.05, 0) is 59.6 Å². The minimum Gasteiger partial charge on any atom is -0.493 e. The molecule has 5 rings (SSSR count). The lowest BCUT2D eigenvalue weighted by Crippen LogP contribution is -2.25. The van der Waals surface area contributed by atoms with Gasteiger partial charge in [-0.2, -0.15) is 14.5 Å². The van der Waals surface area contributed by atoms with E-state index < -0.39 is 5.82 Å². The highest BCUT2D eigenvalue weighted by molar-refractivity contribution is 6.28. The Labute approximate surface area is 220 Å². The maximum absolute atomic E-state index is 13.9. The number of fused-ring (bicyclic) bond motifs is 2. The lowest BCUT2D eigenvalue weighted by atomic mass is 10.1. The molecule has 190 valence electrons. The van der Waals surface area contributed by atoms with Crippen molar-refractivity contribution in [3.8, 4) is 17.4 Å². The number of nitrogens with zero attached hydrogens (tertiary/aromatic N) is 4. The highest BCUT2D eigenvalue weighted by Crippen LogP contribution is 2.32. The van der Waals surface area contributed by atoms with Crippen molar-refractivity contribution in [2.75, 3.05) is 7.11 Å². The second kappa shape index (κ2) is 10.7. The van der Waals surface area contributed by atoms with Gasteiger partial charge in [0.2, 0.25) is 11.1 Å². The van der Waals surface area contributed by atoms with E-state index in [4.69, 9.17) is 21.1 Å². The Morgan fingerprint density at radius 3 is 2.45 bits per heavy atom. The average molecular weight is 532 g/mol. The van der Waals surface area contributed by atoms with Gasteiger partial charge in [0.25, 0.3) is 11.8 Å². The molecule has 0 aliphatic heterocycles. The van der Waals surface area contributed by atoms with Gasteiger partial charge in [0.05, 0.1) is 30.6 Å². The van der Waals surface area contributed by atoms with Gasteiger partial charge >= 0.3 is 0 Å². The van der Waals surface area contributed by atoms with Crippen LogP contribution in [0.4, 0.5) is 4.39 Å². The number of methoxy groups -OCH3 is 1. The van der Waals surface area contributed by atoms with Crippen LogP contribution in [-0.2, 0) is 11.3 Å². The van der Waals surface area contributed by atoms with Gasteiger partial charge in [-0.25, -0.2) is 10.4 Å². The summed E-state index contributed by atoms with van der Waals surface area (Å²) >= 11 is 5.71. The second-order valence-corrected chi connectivity index (χ2v) is 8.39. The Morgan fingerprint density at radius 2 is 1.76 bits per heavy atom. The van der Waals surface area contributed by atoms with E-state index in [1.54, 1.807) is 53.1 Å². The molecule has 1 N–H and O–H groups in total. The van der Waals surface area contributed by atoms with Gasteiger partial charge in [0.15, 0.2) is 16.9 Å². The van der Waals surface area contributed by atoms with E-state index in [2.05, 4.69) is 20.5 Å². The summed E-state index contributed by atoms with van der Waals surface area (Å²) in [7, 11) is 1.42. The largest absolute Gasteiger partial charge is 0.493 e. The van der Waals surface area contributed by atoms with Gasteiger partial charge in [-0.1, -0.05) is 24.3 Å². The molecule has 3 aromatic carbocycles. The number of para-hydroxylation sites is 2. The molecule has 11 heteroatoms. The van der Waals surface area contributed by atoms with Crippen LogP contribution in [0, 0.1) is 5.82 Å². The smallest absolute Gasteiger partial charge is 0.260 e. The second-order valence-electron chi connectivity index (χ2n) is 8.05. The number of hydrogen-bond acceptors (Lipinski definition) is 7. The molecule has 9 nitrogen and oxygen atoms in total. The molecule has 2 aromatic heterocycles. The molecule has 5 aromatic rings. The SMILES string of the molecule is COc1cc(/C=N\NC(=O)Cn2c3ccccc3c(=O)c3ccccc32)ccc1Oc1nc(Cl)ncc1F.